The molecule has 0 aromatic rings. The minimum absolute atomic E-state index is 0.106. The first kappa shape index (κ1) is 50.1. The molecule has 0 saturated heterocycles. The number of esters is 1. The number of hydrogen-bond donors (Lipinski definition) is 2. The fourth-order valence-electron chi connectivity index (χ4n) is 6.12. The third-order valence-corrected chi connectivity index (χ3v) is 9.40. The van der Waals surface area contributed by atoms with Gasteiger partial charge in [0.1, 0.15) is 12.6 Å². The second-order valence-corrected chi connectivity index (χ2v) is 14.6. The standard InChI is InChI=1S/C47H81NO5/c1-3-5-7-9-11-13-14-15-16-17-18-19-20-21-22-23-24-25-26-28-30-32-38-42-47(52)53-44(39-35-31-29-27-12-10-8-6-4-2)40-36-33-34-37-41-45(49)48-43-46(50)51/h14-15,17-18,20-21,27,29,35,39,44H,3-13,16,19,22-26,28,30-34,36-38,40-43H2,1-2H3,(H,48,49)(H,50,51)/b15-14-,18-17-,21-20-,29-27-,39-35-. The molecule has 0 aromatic heterocycles. The van der Waals surface area contributed by atoms with Crippen molar-refractivity contribution in [3.63, 3.8) is 0 Å². The molecule has 0 aliphatic carbocycles. The summed E-state index contributed by atoms with van der Waals surface area (Å²) in [5.41, 5.74) is 0. The van der Waals surface area contributed by atoms with Gasteiger partial charge >= 0.3 is 11.9 Å². The molecule has 1 amide bonds. The number of rotatable bonds is 39. The van der Waals surface area contributed by atoms with E-state index in [1.165, 1.54) is 109 Å². The Kier molecular flexibility index (Phi) is 39.6. The summed E-state index contributed by atoms with van der Waals surface area (Å²) in [6.45, 7) is 4.16. The fraction of sp³-hybridized carbons (Fsp3) is 0.723. The van der Waals surface area contributed by atoms with Gasteiger partial charge in [-0.3, -0.25) is 14.4 Å². The quantitative estimate of drug-likeness (QED) is 0.0372. The van der Waals surface area contributed by atoms with Crippen LogP contribution in [0, 0.1) is 0 Å². The number of aliphatic carboxylic acids is 1. The molecule has 53 heavy (non-hydrogen) atoms. The summed E-state index contributed by atoms with van der Waals surface area (Å²) < 4.78 is 5.89. The summed E-state index contributed by atoms with van der Waals surface area (Å²) in [7, 11) is 0. The Bertz CT molecular complexity index is 995. The average Bonchev–Trinajstić information content (AvgIpc) is 3.14. The van der Waals surface area contributed by atoms with Gasteiger partial charge in [0.2, 0.25) is 5.91 Å². The van der Waals surface area contributed by atoms with Crippen LogP contribution in [0.4, 0.5) is 0 Å². The van der Waals surface area contributed by atoms with Crippen LogP contribution < -0.4 is 5.32 Å². The Morgan fingerprint density at radius 2 is 0.925 bits per heavy atom. The van der Waals surface area contributed by atoms with Gasteiger partial charge in [0.15, 0.2) is 0 Å². The first-order valence-electron chi connectivity index (χ1n) is 21.9. The van der Waals surface area contributed by atoms with E-state index in [2.05, 4.69) is 73.8 Å². The molecule has 0 aliphatic rings. The maximum Gasteiger partial charge on any atom is 0.322 e. The molecule has 0 saturated carbocycles. The van der Waals surface area contributed by atoms with E-state index in [4.69, 9.17) is 9.84 Å². The predicted octanol–water partition coefficient (Wildman–Crippen LogP) is 13.6. The molecule has 0 radical (unpaired) electrons. The minimum Gasteiger partial charge on any atom is -0.480 e. The second-order valence-electron chi connectivity index (χ2n) is 14.6. The second kappa shape index (κ2) is 41.9. The van der Waals surface area contributed by atoms with E-state index in [0.717, 1.165) is 70.6 Å². The highest BCUT2D eigenvalue weighted by Gasteiger charge is 2.12. The average molecular weight is 740 g/mol. The zero-order valence-electron chi connectivity index (χ0n) is 34.4. The highest BCUT2D eigenvalue weighted by molar-refractivity contribution is 5.80. The zero-order chi connectivity index (χ0) is 38.7. The van der Waals surface area contributed by atoms with Gasteiger partial charge in [0.25, 0.3) is 0 Å². The molecule has 1 unspecified atom stereocenters. The summed E-state index contributed by atoms with van der Waals surface area (Å²) in [5, 5.41) is 11.1. The van der Waals surface area contributed by atoms with E-state index < -0.39 is 5.97 Å². The topological polar surface area (TPSA) is 92.7 Å². The molecule has 1 atom stereocenters. The number of amides is 1. The SMILES string of the molecule is CCCCCC/C=C\C/C=C\C(CCCCCCC(=O)NCC(=O)O)OC(=O)CCCCCCCCCC/C=C\C/C=C\C/C=C\CCCCCCC. The van der Waals surface area contributed by atoms with E-state index in [-0.39, 0.29) is 24.5 Å². The smallest absolute Gasteiger partial charge is 0.322 e. The predicted molar refractivity (Wildman–Crippen MR) is 226 cm³/mol. The Morgan fingerprint density at radius 3 is 1.45 bits per heavy atom. The van der Waals surface area contributed by atoms with Crippen molar-refractivity contribution in [3.05, 3.63) is 60.8 Å². The Morgan fingerprint density at radius 1 is 0.509 bits per heavy atom. The Labute approximate surface area is 326 Å². The van der Waals surface area contributed by atoms with E-state index in [9.17, 15) is 14.4 Å². The molecule has 304 valence electrons. The molecule has 0 fully saturated rings. The number of nitrogens with one attached hydrogen (secondary N) is 1. The maximum atomic E-state index is 12.7. The van der Waals surface area contributed by atoms with Gasteiger partial charge < -0.3 is 15.2 Å². The number of unbranched alkanes of at least 4 members (excludes halogenated alkanes) is 20. The van der Waals surface area contributed by atoms with Crippen LogP contribution in [0.15, 0.2) is 60.8 Å². The van der Waals surface area contributed by atoms with Crippen LogP contribution in [0.2, 0.25) is 0 Å². The molecular weight excluding hydrogens is 659 g/mol. The highest BCUT2D eigenvalue weighted by atomic mass is 16.5. The van der Waals surface area contributed by atoms with Crippen LogP contribution >= 0.6 is 0 Å². The number of carboxylic acids is 1. The molecule has 2 N–H and O–H groups in total. The fourth-order valence-corrected chi connectivity index (χ4v) is 6.12. The zero-order valence-corrected chi connectivity index (χ0v) is 34.4. The molecule has 0 rings (SSSR count). The van der Waals surface area contributed by atoms with Crippen LogP contribution in [-0.2, 0) is 19.1 Å². The lowest BCUT2D eigenvalue weighted by atomic mass is 10.1. The highest BCUT2D eigenvalue weighted by Crippen LogP contribution is 2.15. The van der Waals surface area contributed by atoms with Crippen molar-refractivity contribution >= 4 is 17.8 Å². The van der Waals surface area contributed by atoms with Crippen molar-refractivity contribution in [2.75, 3.05) is 6.54 Å². The van der Waals surface area contributed by atoms with Crippen molar-refractivity contribution < 1.29 is 24.2 Å². The van der Waals surface area contributed by atoms with Gasteiger partial charge in [-0.1, -0.05) is 165 Å². The summed E-state index contributed by atoms with van der Waals surface area (Å²) in [4.78, 5) is 35.0. The Hall–Kier alpha value is -2.89. The number of allylic oxidation sites excluding steroid dienone is 9. The molecule has 6 nitrogen and oxygen atoms in total. The normalized spacial score (nSPS) is 12.6. The monoisotopic (exact) mass is 740 g/mol. The lowest BCUT2D eigenvalue weighted by Crippen LogP contribution is -2.28. The first-order chi connectivity index (χ1) is 26.0. The number of hydrogen-bond acceptors (Lipinski definition) is 4. The van der Waals surface area contributed by atoms with Gasteiger partial charge in [-0.2, -0.15) is 0 Å². The van der Waals surface area contributed by atoms with E-state index >= 15 is 0 Å². The largest absolute Gasteiger partial charge is 0.480 e. The van der Waals surface area contributed by atoms with Crippen molar-refractivity contribution in [3.8, 4) is 0 Å². The van der Waals surface area contributed by atoms with Crippen molar-refractivity contribution in [1.82, 2.24) is 5.32 Å². The summed E-state index contributed by atoms with van der Waals surface area (Å²) in [6.07, 6.45) is 55.1. The van der Waals surface area contributed by atoms with Crippen molar-refractivity contribution in [2.24, 2.45) is 0 Å². The van der Waals surface area contributed by atoms with E-state index in [1.807, 2.05) is 6.08 Å². The lowest BCUT2D eigenvalue weighted by molar-refractivity contribution is -0.147. The maximum absolute atomic E-state index is 12.7. The third kappa shape index (κ3) is 41.7. The Balaban J connectivity index is 4.08. The number of carboxylic acid groups (broad SMARTS) is 1. The lowest BCUT2D eigenvalue weighted by Gasteiger charge is -2.14. The first-order valence-corrected chi connectivity index (χ1v) is 21.9. The van der Waals surface area contributed by atoms with Crippen LogP contribution in [0.3, 0.4) is 0 Å². The van der Waals surface area contributed by atoms with Crippen molar-refractivity contribution in [1.29, 1.82) is 0 Å². The van der Waals surface area contributed by atoms with Crippen LogP contribution in [0.1, 0.15) is 206 Å². The molecule has 0 spiro atoms. The molecular formula is C47H81NO5. The summed E-state index contributed by atoms with van der Waals surface area (Å²) in [5.74, 6) is -1.36. The van der Waals surface area contributed by atoms with E-state index in [1.54, 1.807) is 0 Å². The minimum atomic E-state index is -1.03. The van der Waals surface area contributed by atoms with Crippen LogP contribution in [0.5, 0.6) is 0 Å². The van der Waals surface area contributed by atoms with Gasteiger partial charge in [0, 0.05) is 12.8 Å². The van der Waals surface area contributed by atoms with Crippen molar-refractivity contribution in [2.45, 2.75) is 213 Å². The molecule has 0 heterocycles. The van der Waals surface area contributed by atoms with Gasteiger partial charge in [-0.15, -0.1) is 0 Å². The third-order valence-electron chi connectivity index (χ3n) is 9.40. The molecule has 0 aromatic carbocycles. The summed E-state index contributed by atoms with van der Waals surface area (Å²) >= 11 is 0. The number of carbonyl (C=O) groups is 3. The van der Waals surface area contributed by atoms with Gasteiger partial charge in [0.05, 0.1) is 0 Å². The van der Waals surface area contributed by atoms with Crippen LogP contribution in [-0.4, -0.2) is 35.6 Å². The van der Waals surface area contributed by atoms with Gasteiger partial charge in [-0.25, -0.2) is 0 Å². The van der Waals surface area contributed by atoms with E-state index in [0.29, 0.717) is 12.8 Å². The van der Waals surface area contributed by atoms with Gasteiger partial charge in [-0.05, 0) is 89.5 Å². The molecule has 0 aliphatic heterocycles. The number of carbonyl (C=O) groups excluding carboxylic acids is 2. The number of ether oxygens (including phenoxy) is 1. The summed E-state index contributed by atoms with van der Waals surface area (Å²) in [6, 6.07) is 0. The molecule has 6 heteroatoms. The molecule has 0 bridgehead atoms. The van der Waals surface area contributed by atoms with Crippen LogP contribution in [0.25, 0.3) is 0 Å².